The SMILES string of the molecule is Cc1ncsc1C(=O)N1CCOC(c2nccc(CN(C)C)n2)C1. The summed E-state index contributed by atoms with van der Waals surface area (Å²) in [5.41, 5.74) is 3.42. The molecule has 0 spiro atoms. The number of nitrogens with zero attached hydrogens (tertiary/aromatic N) is 5. The van der Waals surface area contributed by atoms with Gasteiger partial charge in [0.05, 0.1) is 30.1 Å². The van der Waals surface area contributed by atoms with Crippen molar-refractivity contribution in [1.29, 1.82) is 0 Å². The fourth-order valence-corrected chi connectivity index (χ4v) is 3.39. The molecule has 1 aliphatic rings. The standard InChI is InChI=1S/C16H21N5O2S/c1-11-14(24-10-18-11)16(22)21-6-7-23-13(9-21)15-17-5-4-12(19-15)8-20(2)3/h4-5,10,13H,6-9H2,1-3H3. The summed E-state index contributed by atoms with van der Waals surface area (Å²) < 4.78 is 5.81. The molecule has 0 radical (unpaired) electrons. The number of amides is 1. The van der Waals surface area contributed by atoms with E-state index in [0.29, 0.717) is 30.4 Å². The average Bonchev–Trinajstić information content (AvgIpc) is 3.00. The maximum absolute atomic E-state index is 12.7. The summed E-state index contributed by atoms with van der Waals surface area (Å²) >= 11 is 1.38. The van der Waals surface area contributed by atoms with Gasteiger partial charge in [0.1, 0.15) is 11.0 Å². The van der Waals surface area contributed by atoms with Gasteiger partial charge >= 0.3 is 0 Å². The fraction of sp³-hybridized carbons (Fsp3) is 0.500. The molecule has 2 aromatic heterocycles. The van der Waals surface area contributed by atoms with Gasteiger partial charge in [-0.15, -0.1) is 11.3 Å². The second-order valence-corrected chi connectivity index (χ2v) is 6.88. The number of carbonyl (C=O) groups excluding carboxylic acids is 1. The number of aromatic nitrogens is 3. The first kappa shape index (κ1) is 16.9. The zero-order valence-corrected chi connectivity index (χ0v) is 14.9. The second-order valence-electron chi connectivity index (χ2n) is 6.02. The molecule has 24 heavy (non-hydrogen) atoms. The third-order valence-electron chi connectivity index (χ3n) is 3.79. The number of hydrogen-bond acceptors (Lipinski definition) is 7. The topological polar surface area (TPSA) is 71.5 Å². The van der Waals surface area contributed by atoms with Gasteiger partial charge in [0.15, 0.2) is 5.82 Å². The Morgan fingerprint density at radius 1 is 1.46 bits per heavy atom. The largest absolute Gasteiger partial charge is 0.367 e. The highest BCUT2D eigenvalue weighted by molar-refractivity contribution is 7.11. The van der Waals surface area contributed by atoms with Crippen LogP contribution in [0.2, 0.25) is 0 Å². The molecule has 1 fully saturated rings. The Hall–Kier alpha value is -1.90. The molecule has 128 valence electrons. The minimum atomic E-state index is -0.293. The number of ether oxygens (including phenoxy) is 1. The first-order valence-electron chi connectivity index (χ1n) is 7.82. The van der Waals surface area contributed by atoms with E-state index in [4.69, 9.17) is 4.74 Å². The van der Waals surface area contributed by atoms with Crippen LogP contribution in [0.3, 0.4) is 0 Å². The summed E-state index contributed by atoms with van der Waals surface area (Å²) in [7, 11) is 3.99. The molecule has 0 aliphatic carbocycles. The monoisotopic (exact) mass is 347 g/mol. The summed E-state index contributed by atoms with van der Waals surface area (Å²) in [4.78, 5) is 30.3. The summed E-state index contributed by atoms with van der Waals surface area (Å²) in [6, 6.07) is 1.90. The molecule has 2 aromatic rings. The first-order valence-corrected chi connectivity index (χ1v) is 8.70. The van der Waals surface area contributed by atoms with Crippen molar-refractivity contribution < 1.29 is 9.53 Å². The van der Waals surface area contributed by atoms with Crippen LogP contribution in [0.4, 0.5) is 0 Å². The molecule has 1 aliphatic heterocycles. The first-order chi connectivity index (χ1) is 11.5. The third kappa shape index (κ3) is 3.77. The quantitative estimate of drug-likeness (QED) is 0.835. The molecule has 0 aromatic carbocycles. The Kier molecular flexibility index (Phi) is 5.17. The maximum Gasteiger partial charge on any atom is 0.266 e. The van der Waals surface area contributed by atoms with Crippen LogP contribution in [-0.4, -0.2) is 64.5 Å². The van der Waals surface area contributed by atoms with Gasteiger partial charge in [-0.25, -0.2) is 15.0 Å². The highest BCUT2D eigenvalue weighted by Crippen LogP contribution is 2.23. The molecular weight excluding hydrogens is 326 g/mol. The predicted octanol–water partition coefficient (Wildman–Crippen LogP) is 1.52. The van der Waals surface area contributed by atoms with E-state index in [1.54, 1.807) is 16.6 Å². The highest BCUT2D eigenvalue weighted by Gasteiger charge is 2.29. The van der Waals surface area contributed by atoms with E-state index in [-0.39, 0.29) is 12.0 Å². The number of carbonyl (C=O) groups is 1. The smallest absolute Gasteiger partial charge is 0.266 e. The molecular formula is C16H21N5O2S. The lowest BCUT2D eigenvalue weighted by Crippen LogP contribution is -2.42. The van der Waals surface area contributed by atoms with Crippen molar-refractivity contribution in [1.82, 2.24) is 24.8 Å². The van der Waals surface area contributed by atoms with Crippen LogP contribution in [0.15, 0.2) is 17.8 Å². The van der Waals surface area contributed by atoms with Gasteiger partial charge in [0.25, 0.3) is 5.91 Å². The average molecular weight is 347 g/mol. The van der Waals surface area contributed by atoms with Crippen LogP contribution in [0, 0.1) is 6.92 Å². The highest BCUT2D eigenvalue weighted by atomic mass is 32.1. The zero-order valence-electron chi connectivity index (χ0n) is 14.1. The van der Waals surface area contributed by atoms with Crippen LogP contribution in [0.5, 0.6) is 0 Å². The van der Waals surface area contributed by atoms with Crippen molar-refractivity contribution in [2.45, 2.75) is 19.6 Å². The Bertz CT molecular complexity index is 718. The minimum Gasteiger partial charge on any atom is -0.367 e. The summed E-state index contributed by atoms with van der Waals surface area (Å²) in [5.74, 6) is 0.639. The van der Waals surface area contributed by atoms with E-state index in [9.17, 15) is 4.79 Å². The van der Waals surface area contributed by atoms with E-state index in [2.05, 4.69) is 19.9 Å². The Morgan fingerprint density at radius 3 is 3.00 bits per heavy atom. The van der Waals surface area contributed by atoms with Gasteiger partial charge in [-0.2, -0.15) is 0 Å². The number of hydrogen-bond donors (Lipinski definition) is 0. The molecule has 3 heterocycles. The summed E-state index contributed by atoms with van der Waals surface area (Å²) in [6.45, 7) is 4.11. The molecule has 0 N–H and O–H groups in total. The van der Waals surface area contributed by atoms with Crippen molar-refractivity contribution in [3.63, 3.8) is 0 Å². The van der Waals surface area contributed by atoms with Crippen molar-refractivity contribution >= 4 is 17.2 Å². The summed E-state index contributed by atoms with van der Waals surface area (Å²) in [6.07, 6.45) is 1.46. The van der Waals surface area contributed by atoms with E-state index in [1.807, 2.05) is 27.1 Å². The van der Waals surface area contributed by atoms with Gasteiger partial charge in [-0.1, -0.05) is 0 Å². The van der Waals surface area contributed by atoms with E-state index < -0.39 is 0 Å². The lowest BCUT2D eigenvalue weighted by Gasteiger charge is -2.32. The van der Waals surface area contributed by atoms with Crippen LogP contribution in [-0.2, 0) is 11.3 Å². The molecule has 1 unspecified atom stereocenters. The van der Waals surface area contributed by atoms with Crippen LogP contribution in [0.1, 0.15) is 33.0 Å². The van der Waals surface area contributed by atoms with Gasteiger partial charge < -0.3 is 14.5 Å². The lowest BCUT2D eigenvalue weighted by molar-refractivity contribution is -0.0268. The molecule has 3 rings (SSSR count). The van der Waals surface area contributed by atoms with Crippen LogP contribution in [0.25, 0.3) is 0 Å². The molecule has 8 heteroatoms. The van der Waals surface area contributed by atoms with Crippen LogP contribution >= 0.6 is 11.3 Å². The normalized spacial score (nSPS) is 18.2. The van der Waals surface area contributed by atoms with E-state index >= 15 is 0 Å². The number of rotatable bonds is 4. The molecule has 1 saturated heterocycles. The van der Waals surface area contributed by atoms with Crippen molar-refractivity contribution in [2.75, 3.05) is 33.8 Å². The molecule has 7 nitrogen and oxygen atoms in total. The Morgan fingerprint density at radius 2 is 2.29 bits per heavy atom. The minimum absolute atomic E-state index is 0.00717. The predicted molar refractivity (Wildman–Crippen MR) is 90.9 cm³/mol. The van der Waals surface area contributed by atoms with E-state index in [1.165, 1.54) is 11.3 Å². The van der Waals surface area contributed by atoms with Crippen LogP contribution < -0.4 is 0 Å². The third-order valence-corrected chi connectivity index (χ3v) is 4.71. The van der Waals surface area contributed by atoms with Crippen molar-refractivity contribution in [3.8, 4) is 0 Å². The molecule has 1 amide bonds. The zero-order chi connectivity index (χ0) is 17.1. The van der Waals surface area contributed by atoms with Crippen molar-refractivity contribution in [2.24, 2.45) is 0 Å². The van der Waals surface area contributed by atoms with Gasteiger partial charge in [0.2, 0.25) is 0 Å². The molecule has 0 saturated carbocycles. The number of morpholine rings is 1. The van der Waals surface area contributed by atoms with Gasteiger partial charge in [-0.05, 0) is 27.1 Å². The molecule has 0 bridgehead atoms. The Labute approximate surface area is 145 Å². The number of aryl methyl sites for hydroxylation is 1. The fourth-order valence-electron chi connectivity index (χ4n) is 2.62. The maximum atomic E-state index is 12.7. The second kappa shape index (κ2) is 7.33. The molecule has 1 atom stereocenters. The Balaban J connectivity index is 1.74. The van der Waals surface area contributed by atoms with Crippen molar-refractivity contribution in [3.05, 3.63) is 39.9 Å². The summed E-state index contributed by atoms with van der Waals surface area (Å²) in [5, 5.41) is 0. The van der Waals surface area contributed by atoms with E-state index in [0.717, 1.165) is 17.9 Å². The number of thiazole rings is 1. The van der Waals surface area contributed by atoms with Gasteiger partial charge in [-0.3, -0.25) is 4.79 Å². The van der Waals surface area contributed by atoms with Gasteiger partial charge in [0, 0.05) is 19.3 Å². The lowest BCUT2D eigenvalue weighted by atomic mass is 10.2.